The zero-order valence-electron chi connectivity index (χ0n) is 25.0. The summed E-state index contributed by atoms with van der Waals surface area (Å²) in [5.41, 5.74) is -0.184. The van der Waals surface area contributed by atoms with Gasteiger partial charge in [0.2, 0.25) is 11.8 Å². The van der Waals surface area contributed by atoms with Crippen molar-refractivity contribution in [3.05, 3.63) is 29.8 Å². The zero-order valence-corrected chi connectivity index (χ0v) is 25.0. The summed E-state index contributed by atoms with van der Waals surface area (Å²) in [5.74, 6) is 0.575. The number of nitrogens with zero attached hydrogens (tertiary/aromatic N) is 2. The van der Waals surface area contributed by atoms with Crippen molar-refractivity contribution in [2.45, 2.75) is 102 Å². The summed E-state index contributed by atoms with van der Waals surface area (Å²) in [6, 6.07) is 6.35. The standard InChI is InChI=1S/C32H50N4O5/c1-3-4-20-36-30(39)27(28(37)24-11-7-5-8-12-24)34-31(40)32(36)17-21-35(22-18-32)19-9-6-10-23-41-26-15-13-25(14-16-26)29(38)33-2/h13-16,24,27-28,37H,3-12,17-23H2,1-2H3,(H,33,38)(H,34,40)/t27-,28-/m1/s1. The fourth-order valence-electron chi connectivity index (χ4n) is 6.75. The smallest absolute Gasteiger partial charge is 0.251 e. The second kappa shape index (κ2) is 15.0. The Bertz CT molecular complexity index is 1000. The first-order valence-electron chi connectivity index (χ1n) is 15.9. The summed E-state index contributed by atoms with van der Waals surface area (Å²) in [6.07, 6.45) is 10.5. The van der Waals surface area contributed by atoms with Crippen molar-refractivity contribution in [2.75, 3.05) is 39.8 Å². The molecule has 1 spiro atoms. The number of piperazine rings is 1. The van der Waals surface area contributed by atoms with Gasteiger partial charge in [-0.2, -0.15) is 0 Å². The quantitative estimate of drug-likeness (QED) is 0.313. The first kappa shape index (κ1) is 31.3. The highest BCUT2D eigenvalue weighted by Gasteiger charge is 2.55. The summed E-state index contributed by atoms with van der Waals surface area (Å²) < 4.78 is 5.83. The van der Waals surface area contributed by atoms with Crippen LogP contribution in [-0.4, -0.2) is 90.1 Å². The van der Waals surface area contributed by atoms with Gasteiger partial charge in [-0.25, -0.2) is 0 Å². The molecule has 1 aromatic rings. The maximum Gasteiger partial charge on any atom is 0.251 e. The number of carbonyl (C=O) groups is 3. The number of aliphatic hydroxyl groups is 1. The Hall–Kier alpha value is -2.65. The van der Waals surface area contributed by atoms with E-state index in [1.807, 2.05) is 17.0 Å². The van der Waals surface area contributed by atoms with Gasteiger partial charge in [-0.3, -0.25) is 14.4 Å². The largest absolute Gasteiger partial charge is 0.494 e. The lowest BCUT2D eigenvalue weighted by Crippen LogP contribution is -2.75. The molecular formula is C32H50N4O5. The summed E-state index contributed by atoms with van der Waals surface area (Å²) in [7, 11) is 1.62. The summed E-state index contributed by atoms with van der Waals surface area (Å²) in [6.45, 7) is 5.84. The van der Waals surface area contributed by atoms with E-state index in [9.17, 15) is 19.5 Å². The van der Waals surface area contributed by atoms with Gasteiger partial charge >= 0.3 is 0 Å². The molecule has 0 radical (unpaired) electrons. The second-order valence-corrected chi connectivity index (χ2v) is 12.1. The third kappa shape index (κ3) is 7.60. The van der Waals surface area contributed by atoms with Crippen molar-refractivity contribution in [1.82, 2.24) is 20.4 Å². The molecule has 2 aliphatic heterocycles. The van der Waals surface area contributed by atoms with Crippen molar-refractivity contribution < 1.29 is 24.2 Å². The fourth-order valence-corrected chi connectivity index (χ4v) is 6.75. The number of unbranched alkanes of at least 4 members (excludes halogenated alkanes) is 3. The number of benzene rings is 1. The van der Waals surface area contributed by atoms with Crippen LogP contribution >= 0.6 is 0 Å². The molecule has 41 heavy (non-hydrogen) atoms. The SMILES string of the molecule is CCCCN1C(=O)[C@@H]([C@H](O)C2CCCCC2)NC(=O)C12CCN(CCCCCOc1ccc(C(=O)NC)cc1)CC2. The van der Waals surface area contributed by atoms with Gasteiger partial charge < -0.3 is 30.3 Å². The van der Waals surface area contributed by atoms with E-state index in [1.165, 1.54) is 6.42 Å². The van der Waals surface area contributed by atoms with Crippen LogP contribution in [-0.2, 0) is 9.59 Å². The number of amides is 3. The van der Waals surface area contributed by atoms with Crippen LogP contribution in [0.25, 0.3) is 0 Å². The minimum absolute atomic E-state index is 0.0757. The zero-order chi connectivity index (χ0) is 29.2. The highest BCUT2D eigenvalue weighted by atomic mass is 16.5. The maximum atomic E-state index is 13.8. The lowest BCUT2D eigenvalue weighted by atomic mass is 9.78. The summed E-state index contributed by atoms with van der Waals surface area (Å²) >= 11 is 0. The van der Waals surface area contributed by atoms with Gasteiger partial charge in [0.25, 0.3) is 5.91 Å². The van der Waals surface area contributed by atoms with E-state index in [-0.39, 0.29) is 23.6 Å². The molecular weight excluding hydrogens is 520 g/mol. The van der Waals surface area contributed by atoms with Crippen molar-refractivity contribution in [1.29, 1.82) is 0 Å². The number of likely N-dealkylation sites (tertiary alicyclic amines) is 1. The number of carbonyl (C=O) groups excluding carboxylic acids is 3. The molecule has 3 N–H and O–H groups in total. The second-order valence-electron chi connectivity index (χ2n) is 12.1. The molecule has 228 valence electrons. The van der Waals surface area contributed by atoms with E-state index in [1.54, 1.807) is 19.2 Å². The average Bonchev–Trinajstić information content (AvgIpc) is 3.01. The van der Waals surface area contributed by atoms with Gasteiger partial charge in [0, 0.05) is 32.2 Å². The van der Waals surface area contributed by atoms with Crippen LogP contribution in [0.1, 0.15) is 94.3 Å². The minimum Gasteiger partial charge on any atom is -0.494 e. The number of hydrogen-bond acceptors (Lipinski definition) is 6. The number of nitrogens with one attached hydrogen (secondary N) is 2. The van der Waals surface area contributed by atoms with Gasteiger partial charge in [-0.1, -0.05) is 32.6 Å². The van der Waals surface area contributed by atoms with Crippen molar-refractivity contribution in [2.24, 2.45) is 5.92 Å². The van der Waals surface area contributed by atoms with Crippen LogP contribution in [0.5, 0.6) is 5.75 Å². The van der Waals surface area contributed by atoms with Crippen molar-refractivity contribution >= 4 is 17.7 Å². The number of ether oxygens (including phenoxy) is 1. The minimum atomic E-state index is -0.817. The first-order valence-corrected chi connectivity index (χ1v) is 15.9. The van der Waals surface area contributed by atoms with Gasteiger partial charge in [0.05, 0.1) is 12.7 Å². The Balaban J connectivity index is 1.23. The van der Waals surface area contributed by atoms with Crippen LogP contribution in [0, 0.1) is 5.92 Å². The number of aliphatic hydroxyl groups excluding tert-OH is 1. The topological polar surface area (TPSA) is 111 Å². The molecule has 1 aromatic carbocycles. The molecule has 9 nitrogen and oxygen atoms in total. The van der Waals surface area contributed by atoms with Gasteiger partial charge in [0.15, 0.2) is 0 Å². The summed E-state index contributed by atoms with van der Waals surface area (Å²) in [5, 5.41) is 16.7. The predicted octanol–water partition coefficient (Wildman–Crippen LogP) is 3.50. The first-order chi connectivity index (χ1) is 19.9. The Morgan fingerprint density at radius 3 is 2.41 bits per heavy atom. The fraction of sp³-hybridized carbons (Fsp3) is 0.719. The number of piperidine rings is 1. The Labute approximate surface area is 245 Å². The Kier molecular flexibility index (Phi) is 11.5. The van der Waals surface area contributed by atoms with Crippen LogP contribution in [0.2, 0.25) is 0 Å². The third-order valence-electron chi connectivity index (χ3n) is 9.38. The predicted molar refractivity (Wildman–Crippen MR) is 159 cm³/mol. The molecule has 2 heterocycles. The number of hydrogen-bond donors (Lipinski definition) is 3. The molecule has 0 aromatic heterocycles. The number of rotatable bonds is 13. The highest BCUT2D eigenvalue weighted by Crippen LogP contribution is 2.36. The van der Waals surface area contributed by atoms with Crippen LogP contribution in [0.4, 0.5) is 0 Å². The van der Waals surface area contributed by atoms with E-state index in [4.69, 9.17) is 4.74 Å². The van der Waals surface area contributed by atoms with Gasteiger partial charge in [-0.05, 0) is 88.1 Å². The molecule has 3 aliphatic rings. The highest BCUT2D eigenvalue weighted by molar-refractivity contribution is 6.00. The van der Waals surface area contributed by atoms with E-state index < -0.39 is 17.7 Å². The Morgan fingerprint density at radius 1 is 1.05 bits per heavy atom. The molecule has 0 unspecified atom stereocenters. The summed E-state index contributed by atoms with van der Waals surface area (Å²) in [4.78, 5) is 43.3. The van der Waals surface area contributed by atoms with E-state index in [0.29, 0.717) is 31.6 Å². The lowest BCUT2D eigenvalue weighted by molar-refractivity contribution is -0.165. The van der Waals surface area contributed by atoms with E-state index in [2.05, 4.69) is 22.5 Å². The normalized spacial score (nSPS) is 22.4. The molecule has 1 aliphatic carbocycles. The van der Waals surface area contributed by atoms with E-state index >= 15 is 0 Å². The van der Waals surface area contributed by atoms with E-state index in [0.717, 1.165) is 83.2 Å². The molecule has 3 fully saturated rings. The van der Waals surface area contributed by atoms with Gasteiger partial charge in [-0.15, -0.1) is 0 Å². The maximum absolute atomic E-state index is 13.8. The third-order valence-corrected chi connectivity index (χ3v) is 9.38. The average molecular weight is 571 g/mol. The van der Waals surface area contributed by atoms with Crippen molar-refractivity contribution in [3.8, 4) is 5.75 Å². The Morgan fingerprint density at radius 2 is 1.76 bits per heavy atom. The van der Waals surface area contributed by atoms with Crippen LogP contribution < -0.4 is 15.4 Å². The molecule has 9 heteroatoms. The molecule has 1 saturated carbocycles. The van der Waals surface area contributed by atoms with Gasteiger partial charge in [0.1, 0.15) is 17.3 Å². The van der Waals surface area contributed by atoms with Crippen molar-refractivity contribution in [3.63, 3.8) is 0 Å². The lowest BCUT2D eigenvalue weighted by Gasteiger charge is -2.52. The van der Waals surface area contributed by atoms with Crippen LogP contribution in [0.15, 0.2) is 24.3 Å². The van der Waals surface area contributed by atoms with Crippen LogP contribution in [0.3, 0.4) is 0 Å². The monoisotopic (exact) mass is 570 g/mol. The molecule has 4 rings (SSSR count). The molecule has 2 atom stereocenters. The molecule has 0 bridgehead atoms. The molecule has 2 saturated heterocycles. The molecule has 3 amide bonds.